The molecule has 1 aromatic heterocycles. The predicted octanol–water partition coefficient (Wildman–Crippen LogP) is 5.56. The summed E-state index contributed by atoms with van der Waals surface area (Å²) in [7, 11) is 3.03. The topological polar surface area (TPSA) is 88.5 Å². The summed E-state index contributed by atoms with van der Waals surface area (Å²) >= 11 is 0. The number of nitrogens with one attached hydrogen (secondary N) is 2. The second-order valence-corrected chi connectivity index (χ2v) is 10.7. The number of rotatable bonds is 8. The van der Waals surface area contributed by atoms with Crippen LogP contribution in [-0.4, -0.2) is 40.8 Å². The molecule has 1 atom stereocenters. The number of hydroxylamine groups is 2. The van der Waals surface area contributed by atoms with E-state index in [2.05, 4.69) is 50.5 Å². The third-order valence-electron chi connectivity index (χ3n) is 7.88. The number of aryl methyl sites for hydroxylation is 1. The van der Waals surface area contributed by atoms with Crippen molar-refractivity contribution in [3.05, 3.63) is 82.5 Å². The van der Waals surface area contributed by atoms with E-state index in [1.807, 2.05) is 41.9 Å². The lowest BCUT2D eigenvalue weighted by Gasteiger charge is -2.38. The van der Waals surface area contributed by atoms with E-state index < -0.39 is 5.54 Å². The van der Waals surface area contributed by atoms with Gasteiger partial charge in [0.05, 0.1) is 29.9 Å². The minimum Gasteiger partial charge on any atom is -0.363 e. The van der Waals surface area contributed by atoms with Crippen molar-refractivity contribution in [2.24, 2.45) is 0 Å². The number of amides is 2. The van der Waals surface area contributed by atoms with Gasteiger partial charge in [-0.2, -0.15) is 5.10 Å². The van der Waals surface area contributed by atoms with Gasteiger partial charge in [0.2, 0.25) is 0 Å². The van der Waals surface area contributed by atoms with E-state index in [4.69, 9.17) is 9.94 Å². The Bertz CT molecular complexity index is 1290. The van der Waals surface area contributed by atoms with Crippen molar-refractivity contribution in [1.29, 1.82) is 0 Å². The van der Waals surface area contributed by atoms with Crippen molar-refractivity contribution in [2.45, 2.75) is 71.0 Å². The number of fused-ring (bicyclic) bond motifs is 1. The lowest BCUT2D eigenvalue weighted by molar-refractivity contribution is -0.0757. The molecule has 0 saturated carbocycles. The number of carbonyl (C=O) groups excluding carboxylic acids is 2. The van der Waals surface area contributed by atoms with Crippen molar-refractivity contribution in [1.82, 2.24) is 20.2 Å². The summed E-state index contributed by atoms with van der Waals surface area (Å²) < 4.78 is 1.96. The van der Waals surface area contributed by atoms with Crippen LogP contribution in [0.25, 0.3) is 0 Å². The first kappa shape index (κ1) is 27.4. The average molecular weight is 518 g/mol. The maximum atomic E-state index is 14.0. The molecule has 1 aliphatic rings. The van der Waals surface area contributed by atoms with Crippen LogP contribution in [0.4, 0.5) is 5.82 Å². The van der Waals surface area contributed by atoms with E-state index in [1.54, 1.807) is 19.2 Å². The molecule has 1 aliphatic heterocycles. The van der Waals surface area contributed by atoms with E-state index >= 15 is 0 Å². The fourth-order valence-electron chi connectivity index (χ4n) is 5.44. The normalized spacial score (nSPS) is 16.3. The molecule has 202 valence electrons. The van der Waals surface area contributed by atoms with Crippen LogP contribution in [-0.2, 0) is 15.9 Å². The van der Waals surface area contributed by atoms with Crippen molar-refractivity contribution in [3.8, 4) is 0 Å². The van der Waals surface area contributed by atoms with Crippen LogP contribution in [0, 0.1) is 6.92 Å². The second kappa shape index (κ2) is 10.6. The van der Waals surface area contributed by atoms with Gasteiger partial charge in [0.25, 0.3) is 11.8 Å². The predicted molar refractivity (Wildman–Crippen MR) is 149 cm³/mol. The van der Waals surface area contributed by atoms with Crippen molar-refractivity contribution in [3.63, 3.8) is 0 Å². The molecule has 0 fully saturated rings. The quantitative estimate of drug-likeness (QED) is 0.382. The maximum absolute atomic E-state index is 14.0. The smallest absolute Gasteiger partial charge is 0.277 e. The summed E-state index contributed by atoms with van der Waals surface area (Å²) in [6.07, 6.45) is 2.23. The highest BCUT2D eigenvalue weighted by molar-refractivity contribution is 6.01. The zero-order valence-electron chi connectivity index (χ0n) is 23.5. The lowest BCUT2D eigenvalue weighted by Crippen LogP contribution is -2.45. The first-order valence-electron chi connectivity index (χ1n) is 13.2. The standard InChI is InChI=1S/C30H39N5O3/c1-8-30(9-2,23-17-15-22(16-18-23)28(37)34(6)38-7)32-27(36)25-20(3)33-35-26(25)31-24(19-29(35,4)5)21-13-11-10-12-14-21/h10-18,24,31H,8-9,19H2,1-7H3,(H,32,36). The zero-order chi connectivity index (χ0) is 27.7. The second-order valence-electron chi connectivity index (χ2n) is 10.7. The number of hydrogen-bond acceptors (Lipinski definition) is 5. The molecule has 2 aromatic carbocycles. The van der Waals surface area contributed by atoms with Gasteiger partial charge in [0, 0.05) is 12.6 Å². The Hall–Kier alpha value is -3.65. The van der Waals surface area contributed by atoms with Gasteiger partial charge in [-0.3, -0.25) is 14.4 Å². The van der Waals surface area contributed by atoms with E-state index in [9.17, 15) is 9.59 Å². The van der Waals surface area contributed by atoms with Gasteiger partial charge in [0.15, 0.2) is 0 Å². The summed E-state index contributed by atoms with van der Waals surface area (Å²) in [6, 6.07) is 17.8. The maximum Gasteiger partial charge on any atom is 0.277 e. The third kappa shape index (κ3) is 4.92. The Morgan fingerprint density at radius 2 is 1.76 bits per heavy atom. The highest BCUT2D eigenvalue weighted by Crippen LogP contribution is 2.41. The van der Waals surface area contributed by atoms with Crippen LogP contribution in [0.1, 0.15) is 90.5 Å². The Labute approximate surface area is 225 Å². The van der Waals surface area contributed by atoms with Crippen molar-refractivity contribution < 1.29 is 14.4 Å². The number of anilines is 1. The Balaban J connectivity index is 1.67. The van der Waals surface area contributed by atoms with Crippen LogP contribution >= 0.6 is 0 Å². The van der Waals surface area contributed by atoms with Crippen LogP contribution in [0.2, 0.25) is 0 Å². The van der Waals surface area contributed by atoms with Gasteiger partial charge >= 0.3 is 0 Å². The minimum atomic E-state index is -0.601. The molecule has 4 rings (SSSR count). The molecular formula is C30H39N5O3. The monoisotopic (exact) mass is 517 g/mol. The Morgan fingerprint density at radius 1 is 1.13 bits per heavy atom. The van der Waals surface area contributed by atoms with E-state index in [0.29, 0.717) is 29.7 Å². The molecule has 2 N–H and O–H groups in total. The molecule has 2 amide bonds. The third-order valence-corrected chi connectivity index (χ3v) is 7.88. The van der Waals surface area contributed by atoms with Gasteiger partial charge in [-0.15, -0.1) is 0 Å². The molecule has 0 saturated heterocycles. The minimum absolute atomic E-state index is 0.0683. The van der Waals surface area contributed by atoms with E-state index in [-0.39, 0.29) is 23.4 Å². The molecule has 38 heavy (non-hydrogen) atoms. The number of hydrogen-bond donors (Lipinski definition) is 2. The first-order chi connectivity index (χ1) is 18.1. The molecule has 0 aliphatic carbocycles. The fourth-order valence-corrected chi connectivity index (χ4v) is 5.44. The molecule has 8 nitrogen and oxygen atoms in total. The number of nitrogens with zero attached hydrogens (tertiary/aromatic N) is 3. The molecule has 2 heterocycles. The van der Waals surface area contributed by atoms with Gasteiger partial charge in [-0.05, 0) is 63.3 Å². The van der Waals surface area contributed by atoms with Crippen LogP contribution < -0.4 is 10.6 Å². The average Bonchev–Trinajstić information content (AvgIpc) is 3.28. The number of carbonyl (C=O) groups is 2. The SMILES string of the molecule is CCC(CC)(NC(=O)c1c(C)nn2c1NC(c1ccccc1)CC2(C)C)c1ccc(C(=O)N(C)OC)cc1. The van der Waals surface area contributed by atoms with E-state index in [0.717, 1.165) is 17.8 Å². The molecule has 0 radical (unpaired) electrons. The lowest BCUT2D eigenvalue weighted by atomic mass is 9.83. The summed E-state index contributed by atoms with van der Waals surface area (Å²) in [5, 5.41) is 13.0. The van der Waals surface area contributed by atoms with Gasteiger partial charge in [-0.25, -0.2) is 9.75 Å². The molecular weight excluding hydrogens is 478 g/mol. The highest BCUT2D eigenvalue weighted by Gasteiger charge is 2.39. The van der Waals surface area contributed by atoms with E-state index in [1.165, 1.54) is 17.7 Å². The summed E-state index contributed by atoms with van der Waals surface area (Å²) in [5.74, 6) is 0.351. The van der Waals surface area contributed by atoms with Gasteiger partial charge < -0.3 is 10.6 Å². The van der Waals surface area contributed by atoms with Crippen molar-refractivity contribution >= 4 is 17.6 Å². The molecule has 1 unspecified atom stereocenters. The van der Waals surface area contributed by atoms with Crippen LogP contribution in [0.3, 0.4) is 0 Å². The van der Waals surface area contributed by atoms with Gasteiger partial charge in [-0.1, -0.05) is 56.3 Å². The summed E-state index contributed by atoms with van der Waals surface area (Å²) in [4.78, 5) is 31.5. The Morgan fingerprint density at radius 3 is 2.34 bits per heavy atom. The molecule has 0 bridgehead atoms. The highest BCUT2D eigenvalue weighted by atomic mass is 16.7. The first-order valence-corrected chi connectivity index (χ1v) is 13.2. The zero-order valence-corrected chi connectivity index (χ0v) is 23.5. The summed E-state index contributed by atoms with van der Waals surface area (Å²) in [5.41, 5.74) is 3.04. The number of benzene rings is 2. The van der Waals surface area contributed by atoms with Crippen LogP contribution in [0.15, 0.2) is 54.6 Å². The van der Waals surface area contributed by atoms with Crippen molar-refractivity contribution in [2.75, 3.05) is 19.5 Å². The van der Waals surface area contributed by atoms with Crippen LogP contribution in [0.5, 0.6) is 0 Å². The fraction of sp³-hybridized carbons (Fsp3) is 0.433. The molecule has 3 aromatic rings. The Kier molecular flexibility index (Phi) is 7.65. The summed E-state index contributed by atoms with van der Waals surface area (Å²) in [6.45, 7) is 10.3. The van der Waals surface area contributed by atoms with Gasteiger partial charge in [0.1, 0.15) is 11.4 Å². The molecule has 0 spiro atoms. The molecule has 8 heteroatoms. The largest absolute Gasteiger partial charge is 0.363 e. The number of aromatic nitrogens is 2.